The third-order valence-corrected chi connectivity index (χ3v) is 2.90. The Labute approximate surface area is 101 Å². The monoisotopic (exact) mass is 234 g/mol. The normalized spacial score (nSPS) is 10.8. The van der Waals surface area contributed by atoms with Gasteiger partial charge < -0.3 is 0 Å². The zero-order valence-corrected chi connectivity index (χ0v) is 10.5. The molecule has 0 amide bonds. The lowest BCUT2D eigenvalue weighted by atomic mass is 10.1. The van der Waals surface area contributed by atoms with Crippen LogP contribution in [0, 0.1) is 20.8 Å². The largest absolute Gasteiger partial charge is 0.238 e. The molecule has 2 nitrogen and oxygen atoms in total. The van der Waals surface area contributed by atoms with Gasteiger partial charge in [0.15, 0.2) is 0 Å². The van der Waals surface area contributed by atoms with Crippen LogP contribution in [0.25, 0.3) is 5.69 Å². The minimum Gasteiger partial charge on any atom is -0.238 e. The molecule has 0 aliphatic heterocycles. The maximum Gasteiger partial charge on any atom is 0.0693 e. The highest BCUT2D eigenvalue weighted by Gasteiger charge is 2.08. The molecule has 2 rings (SSSR count). The molecule has 0 fully saturated rings. The SMILES string of the molecule is Cc1ccc(-n2nc(C)cc2C)c(CCl)c1. The molecule has 0 saturated carbocycles. The van der Waals surface area contributed by atoms with E-state index in [2.05, 4.69) is 43.2 Å². The van der Waals surface area contributed by atoms with E-state index < -0.39 is 0 Å². The molecule has 1 heterocycles. The van der Waals surface area contributed by atoms with Crippen molar-refractivity contribution in [3.05, 3.63) is 46.8 Å². The van der Waals surface area contributed by atoms with E-state index in [9.17, 15) is 0 Å². The number of hydrogen-bond acceptors (Lipinski definition) is 1. The van der Waals surface area contributed by atoms with Gasteiger partial charge in [-0.1, -0.05) is 17.7 Å². The molecule has 0 bridgehead atoms. The van der Waals surface area contributed by atoms with Crippen molar-refractivity contribution in [1.82, 2.24) is 9.78 Å². The molecule has 1 aromatic heterocycles. The van der Waals surface area contributed by atoms with Crippen LogP contribution in [0.3, 0.4) is 0 Å². The summed E-state index contributed by atoms with van der Waals surface area (Å²) in [6, 6.07) is 8.34. The summed E-state index contributed by atoms with van der Waals surface area (Å²) in [6.45, 7) is 6.12. The minimum atomic E-state index is 0.509. The summed E-state index contributed by atoms with van der Waals surface area (Å²) in [5.41, 5.74) is 5.58. The highest BCUT2D eigenvalue weighted by atomic mass is 35.5. The summed E-state index contributed by atoms with van der Waals surface area (Å²) in [5, 5.41) is 4.48. The van der Waals surface area contributed by atoms with Crippen molar-refractivity contribution >= 4 is 11.6 Å². The van der Waals surface area contributed by atoms with E-state index in [-0.39, 0.29) is 0 Å². The van der Waals surface area contributed by atoms with Gasteiger partial charge in [-0.15, -0.1) is 11.6 Å². The first-order chi connectivity index (χ1) is 7.61. The predicted octanol–water partition coefficient (Wildman–Crippen LogP) is 3.54. The predicted molar refractivity (Wildman–Crippen MR) is 67.3 cm³/mol. The van der Waals surface area contributed by atoms with Crippen LogP contribution in [0.1, 0.15) is 22.5 Å². The first kappa shape index (κ1) is 11.2. The molecule has 0 aliphatic rings. The fourth-order valence-corrected chi connectivity index (χ4v) is 2.11. The molecule has 84 valence electrons. The number of hydrogen-bond donors (Lipinski definition) is 0. The summed E-state index contributed by atoms with van der Waals surface area (Å²) in [6.07, 6.45) is 0. The minimum absolute atomic E-state index is 0.509. The van der Waals surface area contributed by atoms with Gasteiger partial charge in [0.2, 0.25) is 0 Å². The highest BCUT2D eigenvalue weighted by Crippen LogP contribution is 2.20. The van der Waals surface area contributed by atoms with Gasteiger partial charge in [0, 0.05) is 11.6 Å². The standard InChI is InChI=1S/C13H15ClN2/c1-9-4-5-13(12(6-9)8-14)16-11(3)7-10(2)15-16/h4-7H,8H2,1-3H3. The maximum atomic E-state index is 5.97. The number of rotatable bonds is 2. The van der Waals surface area contributed by atoms with Crippen molar-refractivity contribution in [3.8, 4) is 5.69 Å². The number of halogens is 1. The van der Waals surface area contributed by atoms with E-state index in [4.69, 9.17) is 11.6 Å². The topological polar surface area (TPSA) is 17.8 Å². The Balaban J connectivity index is 2.59. The zero-order chi connectivity index (χ0) is 11.7. The summed E-state index contributed by atoms with van der Waals surface area (Å²) < 4.78 is 1.95. The fraction of sp³-hybridized carbons (Fsp3) is 0.308. The van der Waals surface area contributed by atoms with Gasteiger partial charge in [-0.25, -0.2) is 4.68 Å². The number of benzene rings is 1. The van der Waals surface area contributed by atoms with Crippen LogP contribution < -0.4 is 0 Å². The smallest absolute Gasteiger partial charge is 0.0693 e. The van der Waals surface area contributed by atoms with Crippen LogP contribution >= 0.6 is 11.6 Å². The van der Waals surface area contributed by atoms with Crippen molar-refractivity contribution in [2.75, 3.05) is 0 Å². The Morgan fingerprint density at radius 3 is 2.50 bits per heavy atom. The molecule has 0 radical (unpaired) electrons. The second kappa shape index (κ2) is 4.30. The van der Waals surface area contributed by atoms with Crippen LogP contribution in [-0.4, -0.2) is 9.78 Å². The second-order valence-electron chi connectivity index (χ2n) is 4.10. The van der Waals surface area contributed by atoms with Crippen molar-refractivity contribution < 1.29 is 0 Å². The van der Waals surface area contributed by atoms with Crippen molar-refractivity contribution in [3.63, 3.8) is 0 Å². The van der Waals surface area contributed by atoms with Gasteiger partial charge in [0.25, 0.3) is 0 Å². The maximum absolute atomic E-state index is 5.97. The van der Waals surface area contributed by atoms with E-state index in [1.807, 2.05) is 11.6 Å². The number of alkyl halides is 1. The summed E-state index contributed by atoms with van der Waals surface area (Å²) >= 11 is 5.97. The summed E-state index contributed by atoms with van der Waals surface area (Å²) in [7, 11) is 0. The van der Waals surface area contributed by atoms with Crippen LogP contribution in [0.15, 0.2) is 24.3 Å². The Bertz CT molecular complexity index is 515. The summed E-state index contributed by atoms with van der Waals surface area (Å²) in [4.78, 5) is 0. The van der Waals surface area contributed by atoms with Crippen LogP contribution in [0.2, 0.25) is 0 Å². The van der Waals surface area contributed by atoms with Crippen molar-refractivity contribution in [2.24, 2.45) is 0 Å². The van der Waals surface area contributed by atoms with Gasteiger partial charge in [0.05, 0.1) is 11.4 Å². The lowest BCUT2D eigenvalue weighted by Gasteiger charge is -2.10. The Kier molecular flexibility index (Phi) is 3.01. The quantitative estimate of drug-likeness (QED) is 0.727. The molecule has 0 aliphatic carbocycles. The van der Waals surface area contributed by atoms with Gasteiger partial charge in [-0.3, -0.25) is 0 Å². The van der Waals surface area contributed by atoms with E-state index in [0.29, 0.717) is 5.88 Å². The third kappa shape index (κ3) is 1.98. The van der Waals surface area contributed by atoms with Gasteiger partial charge in [-0.05, 0) is 38.5 Å². The van der Waals surface area contributed by atoms with E-state index in [0.717, 1.165) is 22.6 Å². The molecule has 16 heavy (non-hydrogen) atoms. The van der Waals surface area contributed by atoms with Crippen LogP contribution in [0.5, 0.6) is 0 Å². The Hall–Kier alpha value is -1.28. The average Bonchev–Trinajstić information content (AvgIpc) is 2.57. The lowest BCUT2D eigenvalue weighted by molar-refractivity contribution is 0.825. The molecule has 0 atom stereocenters. The molecule has 0 unspecified atom stereocenters. The molecule has 3 heteroatoms. The summed E-state index contributed by atoms with van der Waals surface area (Å²) in [5.74, 6) is 0.509. The lowest BCUT2D eigenvalue weighted by Crippen LogP contribution is -2.02. The first-order valence-electron chi connectivity index (χ1n) is 5.31. The van der Waals surface area contributed by atoms with Crippen LogP contribution in [-0.2, 0) is 5.88 Å². The van der Waals surface area contributed by atoms with Gasteiger partial charge in [0.1, 0.15) is 0 Å². The van der Waals surface area contributed by atoms with E-state index >= 15 is 0 Å². The van der Waals surface area contributed by atoms with Crippen LogP contribution in [0.4, 0.5) is 0 Å². The second-order valence-corrected chi connectivity index (χ2v) is 4.37. The van der Waals surface area contributed by atoms with Gasteiger partial charge in [-0.2, -0.15) is 5.10 Å². The zero-order valence-electron chi connectivity index (χ0n) is 9.79. The first-order valence-corrected chi connectivity index (χ1v) is 5.84. The highest BCUT2D eigenvalue weighted by molar-refractivity contribution is 6.17. The van der Waals surface area contributed by atoms with E-state index in [1.54, 1.807) is 0 Å². The third-order valence-electron chi connectivity index (χ3n) is 2.62. The number of aryl methyl sites for hydroxylation is 3. The van der Waals surface area contributed by atoms with E-state index in [1.165, 1.54) is 5.56 Å². The molecule has 0 saturated heterocycles. The van der Waals surface area contributed by atoms with Crippen molar-refractivity contribution in [1.29, 1.82) is 0 Å². The average molecular weight is 235 g/mol. The molecule has 0 spiro atoms. The number of nitrogens with zero attached hydrogens (tertiary/aromatic N) is 2. The molecule has 0 N–H and O–H groups in total. The number of aromatic nitrogens is 2. The molecule has 1 aromatic carbocycles. The Morgan fingerprint density at radius 1 is 1.19 bits per heavy atom. The molecular weight excluding hydrogens is 220 g/mol. The van der Waals surface area contributed by atoms with Crippen molar-refractivity contribution in [2.45, 2.75) is 26.7 Å². The molecule has 2 aromatic rings. The van der Waals surface area contributed by atoms with Gasteiger partial charge >= 0.3 is 0 Å². The Morgan fingerprint density at radius 2 is 1.94 bits per heavy atom. The molecular formula is C13H15ClN2. The fourth-order valence-electron chi connectivity index (χ4n) is 1.90.